The van der Waals surface area contributed by atoms with Gasteiger partial charge in [-0.1, -0.05) is 6.92 Å². The zero-order valence-corrected chi connectivity index (χ0v) is 13.6. The zero-order valence-electron chi connectivity index (χ0n) is 12.8. The molecule has 3 nitrogen and oxygen atoms in total. The molecule has 2 aromatic rings. The van der Waals surface area contributed by atoms with Crippen LogP contribution in [0, 0.1) is 19.8 Å². The summed E-state index contributed by atoms with van der Waals surface area (Å²) in [6.45, 7) is 9.72. The number of nitrogens with zero attached hydrogens (tertiary/aromatic N) is 2. The summed E-state index contributed by atoms with van der Waals surface area (Å²) in [4.78, 5) is 12.3. The Kier molecular flexibility index (Phi) is 3.67. The third-order valence-electron chi connectivity index (χ3n) is 4.45. The fourth-order valence-corrected chi connectivity index (χ4v) is 4.22. The van der Waals surface area contributed by atoms with Gasteiger partial charge in [0, 0.05) is 17.3 Å². The molecule has 0 saturated heterocycles. The number of rotatable bonds is 3. The fourth-order valence-electron chi connectivity index (χ4n) is 3.19. The smallest absolute Gasteiger partial charge is 0.138 e. The molecule has 0 spiro atoms. The van der Waals surface area contributed by atoms with E-state index in [2.05, 4.69) is 33.0 Å². The van der Waals surface area contributed by atoms with Crippen molar-refractivity contribution >= 4 is 27.4 Å². The van der Waals surface area contributed by atoms with Gasteiger partial charge in [-0.05, 0) is 51.5 Å². The van der Waals surface area contributed by atoms with Crippen LogP contribution in [0.1, 0.15) is 55.3 Å². The number of fused-ring (bicyclic) bond motifs is 1. The Hall–Kier alpha value is -1.16. The van der Waals surface area contributed by atoms with Crippen molar-refractivity contribution in [2.45, 2.75) is 52.9 Å². The molecule has 1 N–H and O–H groups in total. The van der Waals surface area contributed by atoms with Gasteiger partial charge < -0.3 is 5.32 Å². The monoisotopic (exact) mass is 289 g/mol. The maximum Gasteiger partial charge on any atom is 0.138 e. The summed E-state index contributed by atoms with van der Waals surface area (Å²) in [6, 6.07) is 0. The number of hydrogen-bond donors (Lipinski definition) is 1. The Morgan fingerprint density at radius 1 is 1.25 bits per heavy atom. The lowest BCUT2D eigenvalue weighted by atomic mass is 10.1. The largest absolute Gasteiger partial charge is 0.370 e. The summed E-state index contributed by atoms with van der Waals surface area (Å²) in [5.41, 5.74) is 1.33. The molecule has 108 valence electrons. The average molecular weight is 289 g/mol. The van der Waals surface area contributed by atoms with Crippen LogP contribution in [-0.4, -0.2) is 16.5 Å². The summed E-state index contributed by atoms with van der Waals surface area (Å²) in [6.07, 6.45) is 3.78. The average Bonchev–Trinajstić information content (AvgIpc) is 2.95. The Morgan fingerprint density at radius 2 is 2.05 bits per heavy atom. The van der Waals surface area contributed by atoms with Gasteiger partial charge in [0.2, 0.25) is 0 Å². The van der Waals surface area contributed by atoms with E-state index >= 15 is 0 Å². The number of hydrogen-bond acceptors (Lipinski definition) is 4. The molecule has 1 aliphatic rings. The van der Waals surface area contributed by atoms with Gasteiger partial charge in [-0.3, -0.25) is 0 Å². The van der Waals surface area contributed by atoms with Crippen LogP contribution in [0.25, 0.3) is 10.2 Å². The van der Waals surface area contributed by atoms with Crippen molar-refractivity contribution in [3.63, 3.8) is 0 Å². The predicted octanol–water partition coefficient (Wildman–Crippen LogP) is 4.64. The summed E-state index contributed by atoms with van der Waals surface area (Å²) in [5, 5.41) is 4.66. The maximum atomic E-state index is 4.88. The van der Waals surface area contributed by atoms with E-state index in [4.69, 9.17) is 9.97 Å². The lowest BCUT2D eigenvalue weighted by Crippen LogP contribution is -2.07. The van der Waals surface area contributed by atoms with E-state index in [1.807, 2.05) is 0 Å². The van der Waals surface area contributed by atoms with E-state index in [0.29, 0.717) is 5.92 Å². The molecule has 2 heterocycles. The molecule has 0 bridgehead atoms. The Morgan fingerprint density at radius 3 is 2.70 bits per heavy atom. The lowest BCUT2D eigenvalue weighted by molar-refractivity contribution is 0.586. The molecular weight excluding hydrogens is 266 g/mol. The van der Waals surface area contributed by atoms with E-state index in [0.717, 1.165) is 28.9 Å². The topological polar surface area (TPSA) is 37.8 Å². The molecule has 1 saturated carbocycles. The SMILES string of the molecule is CCNc1nc(C2CCC(C)C2)nc2sc(C)c(C)c12. The van der Waals surface area contributed by atoms with Crippen molar-refractivity contribution in [1.82, 2.24) is 9.97 Å². The van der Waals surface area contributed by atoms with Gasteiger partial charge in [-0.25, -0.2) is 9.97 Å². The second kappa shape index (κ2) is 5.32. The summed E-state index contributed by atoms with van der Waals surface area (Å²) in [7, 11) is 0. The zero-order chi connectivity index (χ0) is 14.3. The first-order chi connectivity index (χ1) is 9.60. The quantitative estimate of drug-likeness (QED) is 0.894. The van der Waals surface area contributed by atoms with Gasteiger partial charge >= 0.3 is 0 Å². The van der Waals surface area contributed by atoms with Gasteiger partial charge in [0.25, 0.3) is 0 Å². The van der Waals surface area contributed by atoms with E-state index in [1.54, 1.807) is 11.3 Å². The minimum absolute atomic E-state index is 0.550. The third kappa shape index (κ3) is 2.30. The van der Waals surface area contributed by atoms with Crippen molar-refractivity contribution in [2.75, 3.05) is 11.9 Å². The second-order valence-electron chi connectivity index (χ2n) is 6.04. The second-order valence-corrected chi connectivity index (χ2v) is 7.24. The van der Waals surface area contributed by atoms with Crippen molar-refractivity contribution in [3.05, 3.63) is 16.3 Å². The highest BCUT2D eigenvalue weighted by molar-refractivity contribution is 7.18. The molecule has 0 aliphatic heterocycles. The molecule has 0 radical (unpaired) electrons. The molecule has 0 aromatic carbocycles. The Bertz CT molecular complexity index is 632. The van der Waals surface area contributed by atoms with E-state index < -0.39 is 0 Å². The van der Waals surface area contributed by atoms with Gasteiger partial charge in [0.15, 0.2) is 0 Å². The first kappa shape index (κ1) is 13.8. The molecule has 1 fully saturated rings. The van der Waals surface area contributed by atoms with Gasteiger partial charge in [0.1, 0.15) is 16.5 Å². The number of aromatic nitrogens is 2. The number of nitrogens with one attached hydrogen (secondary N) is 1. The highest BCUT2D eigenvalue weighted by atomic mass is 32.1. The third-order valence-corrected chi connectivity index (χ3v) is 5.55. The first-order valence-electron chi connectivity index (χ1n) is 7.61. The summed E-state index contributed by atoms with van der Waals surface area (Å²) in [5.74, 6) is 3.45. The van der Waals surface area contributed by atoms with Gasteiger partial charge in [-0.2, -0.15) is 0 Å². The molecule has 2 aromatic heterocycles. The van der Waals surface area contributed by atoms with Crippen LogP contribution in [-0.2, 0) is 0 Å². The van der Waals surface area contributed by atoms with E-state index in [1.165, 1.54) is 35.1 Å². The molecular formula is C16H23N3S. The normalized spacial score (nSPS) is 22.6. The molecule has 3 rings (SSSR count). The van der Waals surface area contributed by atoms with Crippen molar-refractivity contribution in [2.24, 2.45) is 5.92 Å². The molecule has 20 heavy (non-hydrogen) atoms. The lowest BCUT2D eigenvalue weighted by Gasteiger charge is -2.12. The van der Waals surface area contributed by atoms with Crippen molar-refractivity contribution in [1.29, 1.82) is 0 Å². The van der Waals surface area contributed by atoms with Crippen LogP contribution >= 0.6 is 11.3 Å². The Balaban J connectivity index is 2.10. The highest BCUT2D eigenvalue weighted by Crippen LogP contribution is 2.39. The van der Waals surface area contributed by atoms with Crippen LogP contribution in [0.5, 0.6) is 0 Å². The van der Waals surface area contributed by atoms with E-state index in [9.17, 15) is 0 Å². The molecule has 1 aliphatic carbocycles. The van der Waals surface area contributed by atoms with Crippen LogP contribution in [0.3, 0.4) is 0 Å². The first-order valence-corrected chi connectivity index (χ1v) is 8.43. The van der Waals surface area contributed by atoms with Crippen molar-refractivity contribution < 1.29 is 0 Å². The van der Waals surface area contributed by atoms with E-state index in [-0.39, 0.29) is 0 Å². The number of anilines is 1. The maximum absolute atomic E-state index is 4.88. The number of thiophene rings is 1. The minimum atomic E-state index is 0.550. The predicted molar refractivity (Wildman–Crippen MR) is 86.8 cm³/mol. The molecule has 2 unspecified atom stereocenters. The summed E-state index contributed by atoms with van der Waals surface area (Å²) < 4.78 is 0. The Labute approximate surface area is 124 Å². The number of aryl methyl sites for hydroxylation is 2. The molecule has 0 amide bonds. The standard InChI is InChI=1S/C16H23N3S/c1-5-17-15-13-10(3)11(4)20-16(13)19-14(18-15)12-7-6-9(2)8-12/h9,12H,5-8H2,1-4H3,(H,17,18,19). The minimum Gasteiger partial charge on any atom is -0.370 e. The fraction of sp³-hybridized carbons (Fsp3) is 0.625. The van der Waals surface area contributed by atoms with Gasteiger partial charge in [0.05, 0.1) is 5.39 Å². The van der Waals surface area contributed by atoms with Gasteiger partial charge in [-0.15, -0.1) is 11.3 Å². The molecule has 2 atom stereocenters. The van der Waals surface area contributed by atoms with Crippen LogP contribution < -0.4 is 5.32 Å². The van der Waals surface area contributed by atoms with Crippen LogP contribution in [0.2, 0.25) is 0 Å². The summed E-state index contributed by atoms with van der Waals surface area (Å²) >= 11 is 1.80. The highest BCUT2D eigenvalue weighted by Gasteiger charge is 2.26. The van der Waals surface area contributed by atoms with Crippen LogP contribution in [0.4, 0.5) is 5.82 Å². The van der Waals surface area contributed by atoms with Crippen molar-refractivity contribution in [3.8, 4) is 0 Å². The molecule has 4 heteroatoms. The van der Waals surface area contributed by atoms with Crippen LogP contribution in [0.15, 0.2) is 0 Å².